The van der Waals surface area contributed by atoms with Crippen molar-refractivity contribution in [3.8, 4) is 0 Å². The first kappa shape index (κ1) is 17.9. The predicted molar refractivity (Wildman–Crippen MR) is 102 cm³/mol. The highest BCUT2D eigenvalue weighted by Gasteiger charge is 2.28. The van der Waals surface area contributed by atoms with Gasteiger partial charge in [-0.05, 0) is 44.7 Å². The van der Waals surface area contributed by atoms with Crippen molar-refractivity contribution in [2.45, 2.75) is 39.3 Å². The van der Waals surface area contributed by atoms with Gasteiger partial charge in [-0.15, -0.1) is 11.3 Å². The summed E-state index contributed by atoms with van der Waals surface area (Å²) in [4.78, 5) is 35.7. The third-order valence-corrected chi connectivity index (χ3v) is 5.83. The number of nitrogens with zero attached hydrogens (tertiary/aromatic N) is 2. The third kappa shape index (κ3) is 3.30. The maximum absolute atomic E-state index is 12.6. The molecule has 1 fully saturated rings. The van der Waals surface area contributed by atoms with E-state index in [4.69, 9.17) is 9.15 Å². The average Bonchev–Trinajstić information content (AvgIpc) is 3.34. The van der Waals surface area contributed by atoms with Crippen molar-refractivity contribution in [1.82, 2.24) is 14.9 Å². The van der Waals surface area contributed by atoms with E-state index < -0.39 is 5.97 Å². The summed E-state index contributed by atoms with van der Waals surface area (Å²) in [5.41, 5.74) is -0.0345. The first-order chi connectivity index (χ1) is 13.1. The molecule has 0 spiro atoms. The number of furan rings is 1. The van der Waals surface area contributed by atoms with Gasteiger partial charge in [0, 0.05) is 10.9 Å². The molecule has 0 radical (unpaired) electrons. The van der Waals surface area contributed by atoms with Crippen molar-refractivity contribution < 1.29 is 13.9 Å². The zero-order valence-electron chi connectivity index (χ0n) is 15.3. The summed E-state index contributed by atoms with van der Waals surface area (Å²) >= 11 is 1.75. The van der Waals surface area contributed by atoms with Crippen LogP contribution in [0.3, 0.4) is 0 Å². The summed E-state index contributed by atoms with van der Waals surface area (Å²) < 4.78 is 10.6. The number of aromatic nitrogens is 2. The molecule has 7 nitrogen and oxygen atoms in total. The fourth-order valence-corrected chi connectivity index (χ4v) is 4.59. The Labute approximate surface area is 160 Å². The number of nitrogens with one attached hydrogen (secondary N) is 1. The Morgan fingerprint density at radius 3 is 3.11 bits per heavy atom. The zero-order valence-corrected chi connectivity index (χ0v) is 16.1. The molecule has 1 atom stereocenters. The molecule has 1 aliphatic rings. The number of ether oxygens (including phenoxy) is 1. The van der Waals surface area contributed by atoms with E-state index in [0.29, 0.717) is 24.2 Å². The fourth-order valence-electron chi connectivity index (χ4n) is 3.70. The summed E-state index contributed by atoms with van der Waals surface area (Å²) in [5.74, 6) is 0.322. The van der Waals surface area contributed by atoms with Crippen LogP contribution < -0.4 is 5.56 Å². The minimum atomic E-state index is -0.564. The van der Waals surface area contributed by atoms with Gasteiger partial charge in [0.15, 0.2) is 0 Å². The summed E-state index contributed by atoms with van der Waals surface area (Å²) in [6.07, 6.45) is 2.21. The number of fused-ring (bicyclic) bond motifs is 1. The van der Waals surface area contributed by atoms with E-state index >= 15 is 0 Å². The third-order valence-electron chi connectivity index (χ3n) is 4.85. The van der Waals surface area contributed by atoms with Crippen molar-refractivity contribution in [2.75, 3.05) is 13.2 Å². The number of thiophene rings is 1. The van der Waals surface area contributed by atoms with Gasteiger partial charge < -0.3 is 14.1 Å². The number of carbonyl (C=O) groups is 1. The number of likely N-dealkylation sites (tertiary alicyclic amines) is 1. The maximum Gasteiger partial charge on any atom is 0.342 e. The van der Waals surface area contributed by atoms with E-state index in [1.165, 1.54) is 4.88 Å². The lowest BCUT2D eigenvalue weighted by Crippen LogP contribution is -2.25. The molecule has 0 unspecified atom stereocenters. The van der Waals surface area contributed by atoms with Crippen LogP contribution in [0.25, 0.3) is 11.1 Å². The molecule has 27 heavy (non-hydrogen) atoms. The predicted octanol–water partition coefficient (Wildman–Crippen LogP) is 3.40. The molecule has 1 aliphatic heterocycles. The van der Waals surface area contributed by atoms with Crippen LogP contribution in [0.2, 0.25) is 0 Å². The molecule has 8 heteroatoms. The zero-order chi connectivity index (χ0) is 19.0. The molecule has 1 saturated heterocycles. The molecular formula is C19H21N3O4S. The quantitative estimate of drug-likeness (QED) is 0.675. The van der Waals surface area contributed by atoms with Crippen LogP contribution in [0.4, 0.5) is 0 Å². The molecule has 4 heterocycles. The maximum atomic E-state index is 12.6. The first-order valence-corrected chi connectivity index (χ1v) is 9.93. The highest BCUT2D eigenvalue weighted by atomic mass is 32.1. The Bertz CT molecular complexity index is 1020. The van der Waals surface area contributed by atoms with Gasteiger partial charge in [0.1, 0.15) is 22.5 Å². The fraction of sp³-hybridized carbons (Fsp3) is 0.421. The van der Waals surface area contributed by atoms with Crippen LogP contribution in [0, 0.1) is 6.92 Å². The summed E-state index contributed by atoms with van der Waals surface area (Å²) in [7, 11) is 0. The molecular weight excluding hydrogens is 366 g/mol. The van der Waals surface area contributed by atoms with Crippen molar-refractivity contribution in [2.24, 2.45) is 0 Å². The molecule has 0 aliphatic carbocycles. The molecule has 1 N–H and O–H groups in total. The van der Waals surface area contributed by atoms with Gasteiger partial charge in [-0.1, -0.05) is 6.07 Å². The highest BCUT2D eigenvalue weighted by molar-refractivity contribution is 7.10. The Kier molecular flexibility index (Phi) is 4.84. The van der Waals surface area contributed by atoms with Crippen LogP contribution in [0.1, 0.15) is 52.6 Å². The minimum absolute atomic E-state index is 0.157. The van der Waals surface area contributed by atoms with Crippen LogP contribution in [-0.2, 0) is 11.3 Å². The lowest BCUT2D eigenvalue weighted by molar-refractivity contribution is 0.0526. The van der Waals surface area contributed by atoms with Crippen LogP contribution in [-0.4, -0.2) is 34.0 Å². The van der Waals surface area contributed by atoms with Gasteiger partial charge in [0.25, 0.3) is 5.56 Å². The lowest BCUT2D eigenvalue weighted by Gasteiger charge is -2.22. The second-order valence-corrected chi connectivity index (χ2v) is 7.57. The number of H-pyrrole nitrogens is 1. The number of carbonyl (C=O) groups excluding carboxylic acids is 1. The lowest BCUT2D eigenvalue weighted by atomic mass is 10.2. The average molecular weight is 387 g/mol. The summed E-state index contributed by atoms with van der Waals surface area (Å²) in [6.45, 7) is 5.07. The van der Waals surface area contributed by atoms with Gasteiger partial charge in [0.2, 0.25) is 5.71 Å². The molecule has 0 bridgehead atoms. The molecule has 0 amide bonds. The van der Waals surface area contributed by atoms with Crippen LogP contribution in [0.15, 0.2) is 26.7 Å². The van der Waals surface area contributed by atoms with Gasteiger partial charge in [-0.2, -0.15) is 4.98 Å². The number of aromatic amines is 1. The Balaban J connectivity index is 1.66. The summed E-state index contributed by atoms with van der Waals surface area (Å²) in [5, 5.41) is 2.24. The monoisotopic (exact) mass is 387 g/mol. The molecule has 4 rings (SSSR count). The van der Waals surface area contributed by atoms with E-state index in [1.807, 2.05) is 0 Å². The smallest absolute Gasteiger partial charge is 0.342 e. The molecule has 142 valence electrons. The molecule has 0 saturated carbocycles. The number of aryl methyl sites for hydroxylation is 1. The van der Waals surface area contributed by atoms with E-state index in [0.717, 1.165) is 19.4 Å². The number of hydrogen-bond acceptors (Lipinski definition) is 7. The Morgan fingerprint density at radius 2 is 2.37 bits per heavy atom. The highest BCUT2D eigenvalue weighted by Crippen LogP contribution is 2.35. The van der Waals surface area contributed by atoms with E-state index in [1.54, 1.807) is 25.2 Å². The minimum Gasteiger partial charge on any atom is -0.462 e. The first-order valence-electron chi connectivity index (χ1n) is 9.05. The van der Waals surface area contributed by atoms with Gasteiger partial charge in [-0.25, -0.2) is 4.79 Å². The SMILES string of the molecule is CCOC(=O)c1c(C)oc2nc(CN3CCC[C@H]3c3cccs3)[nH]c(=O)c12. The summed E-state index contributed by atoms with van der Waals surface area (Å²) in [6, 6.07) is 4.55. The van der Waals surface area contributed by atoms with Crippen LogP contribution >= 0.6 is 11.3 Å². The van der Waals surface area contributed by atoms with Gasteiger partial charge >= 0.3 is 5.97 Å². The Hall–Kier alpha value is -2.45. The standard InChI is InChI=1S/C19H21N3O4S/c1-3-25-19(24)15-11(2)26-18-16(15)17(23)20-14(21-18)10-22-8-4-6-12(22)13-7-5-9-27-13/h5,7,9,12H,3-4,6,8,10H2,1-2H3,(H,20,21,23)/t12-/m0/s1. The van der Waals surface area contributed by atoms with E-state index in [9.17, 15) is 9.59 Å². The van der Waals surface area contributed by atoms with Crippen LogP contribution in [0.5, 0.6) is 0 Å². The normalized spacial score (nSPS) is 17.6. The van der Waals surface area contributed by atoms with Crippen molar-refractivity contribution >= 4 is 28.4 Å². The molecule has 3 aromatic heterocycles. The second-order valence-electron chi connectivity index (χ2n) is 6.59. The van der Waals surface area contributed by atoms with Gasteiger partial charge in [0.05, 0.1) is 13.2 Å². The van der Waals surface area contributed by atoms with E-state index in [2.05, 4.69) is 32.4 Å². The second kappa shape index (κ2) is 7.28. The van der Waals surface area contributed by atoms with Gasteiger partial charge in [-0.3, -0.25) is 9.69 Å². The topological polar surface area (TPSA) is 88.4 Å². The Morgan fingerprint density at radius 1 is 1.52 bits per heavy atom. The number of rotatable bonds is 5. The van der Waals surface area contributed by atoms with E-state index in [-0.39, 0.29) is 28.8 Å². The number of hydrogen-bond donors (Lipinski definition) is 1. The van der Waals surface area contributed by atoms with Crippen molar-refractivity contribution in [3.05, 3.63) is 49.9 Å². The number of esters is 1. The molecule has 3 aromatic rings. The largest absolute Gasteiger partial charge is 0.462 e. The van der Waals surface area contributed by atoms with Crippen molar-refractivity contribution in [3.63, 3.8) is 0 Å². The van der Waals surface area contributed by atoms with Crippen molar-refractivity contribution in [1.29, 1.82) is 0 Å². The molecule has 0 aromatic carbocycles.